The minimum Gasteiger partial charge on any atom is -0.480 e. The van der Waals surface area contributed by atoms with E-state index in [1.54, 1.807) is 10.9 Å². The summed E-state index contributed by atoms with van der Waals surface area (Å²) in [5.41, 5.74) is 2.26. The van der Waals surface area contributed by atoms with Gasteiger partial charge in [-0.3, -0.25) is 4.79 Å². The van der Waals surface area contributed by atoms with Gasteiger partial charge in [0.15, 0.2) is 0 Å². The van der Waals surface area contributed by atoms with Gasteiger partial charge in [0.05, 0.1) is 17.4 Å². The van der Waals surface area contributed by atoms with Crippen LogP contribution in [0.15, 0.2) is 36.7 Å². The van der Waals surface area contributed by atoms with E-state index in [1.807, 2.05) is 38.1 Å². The van der Waals surface area contributed by atoms with Gasteiger partial charge in [-0.15, -0.1) is 0 Å². The largest absolute Gasteiger partial charge is 0.480 e. The van der Waals surface area contributed by atoms with Crippen LogP contribution >= 0.6 is 0 Å². The Morgan fingerprint density at radius 1 is 1.35 bits per heavy atom. The molecule has 2 N–H and O–H groups in total. The first-order chi connectivity index (χ1) is 11.0. The molecule has 1 atom stereocenters. The third kappa shape index (κ3) is 4.18. The van der Waals surface area contributed by atoms with Crippen molar-refractivity contribution >= 4 is 11.9 Å². The molecule has 6 nitrogen and oxygen atoms in total. The molecule has 2 aromatic rings. The maximum atomic E-state index is 12.2. The molecule has 0 spiro atoms. The number of aromatic nitrogens is 2. The van der Waals surface area contributed by atoms with Crippen LogP contribution < -0.4 is 5.32 Å². The van der Waals surface area contributed by atoms with Gasteiger partial charge in [0.25, 0.3) is 5.91 Å². The summed E-state index contributed by atoms with van der Waals surface area (Å²) in [5.74, 6) is -1.44. The van der Waals surface area contributed by atoms with Crippen LogP contribution in [0, 0.1) is 6.92 Å². The van der Waals surface area contributed by atoms with Crippen molar-refractivity contribution in [1.29, 1.82) is 0 Å². The van der Waals surface area contributed by atoms with Crippen LogP contribution in [0.1, 0.15) is 42.1 Å². The van der Waals surface area contributed by atoms with Crippen LogP contribution in [0.5, 0.6) is 0 Å². The number of carbonyl (C=O) groups is 2. The number of aryl methyl sites for hydroxylation is 1. The molecular formula is C17H21N3O3. The smallest absolute Gasteiger partial charge is 0.326 e. The van der Waals surface area contributed by atoms with E-state index < -0.39 is 17.9 Å². The second kappa shape index (κ2) is 7.58. The molecular weight excluding hydrogens is 294 g/mol. The van der Waals surface area contributed by atoms with Gasteiger partial charge in [0.1, 0.15) is 6.04 Å². The zero-order valence-electron chi connectivity index (χ0n) is 13.3. The Balaban J connectivity index is 2.12. The molecule has 122 valence electrons. The van der Waals surface area contributed by atoms with Crippen LogP contribution in [-0.4, -0.2) is 32.8 Å². The summed E-state index contributed by atoms with van der Waals surface area (Å²) >= 11 is 0. The predicted molar refractivity (Wildman–Crippen MR) is 86.7 cm³/mol. The standard InChI is InChI=1S/C17H21N3O3/c1-3-4-8-14(17(22)23)19-16(21)13-10-18-20(11-13)15-9-6-5-7-12(15)2/h5-7,9-11,14H,3-4,8H2,1-2H3,(H,19,21)(H,22,23). The molecule has 0 saturated heterocycles. The zero-order chi connectivity index (χ0) is 16.8. The Morgan fingerprint density at radius 2 is 2.09 bits per heavy atom. The lowest BCUT2D eigenvalue weighted by Crippen LogP contribution is -2.40. The summed E-state index contributed by atoms with van der Waals surface area (Å²) in [4.78, 5) is 23.4. The second-order valence-electron chi connectivity index (χ2n) is 5.47. The SMILES string of the molecule is CCCCC(NC(=O)c1cnn(-c2ccccc2C)c1)C(=O)O. The zero-order valence-corrected chi connectivity index (χ0v) is 13.3. The predicted octanol–water partition coefficient (Wildman–Crippen LogP) is 2.55. The summed E-state index contributed by atoms with van der Waals surface area (Å²) in [6, 6.07) is 6.83. The van der Waals surface area contributed by atoms with Crippen LogP contribution in [0.25, 0.3) is 5.69 Å². The van der Waals surface area contributed by atoms with Gasteiger partial charge < -0.3 is 10.4 Å². The van der Waals surface area contributed by atoms with Crippen molar-refractivity contribution in [2.24, 2.45) is 0 Å². The summed E-state index contributed by atoms with van der Waals surface area (Å²) in [5, 5.41) is 15.9. The molecule has 0 aliphatic carbocycles. The summed E-state index contributed by atoms with van der Waals surface area (Å²) in [7, 11) is 0. The number of nitrogens with one attached hydrogen (secondary N) is 1. The van der Waals surface area contributed by atoms with E-state index in [4.69, 9.17) is 0 Å². The first-order valence-electron chi connectivity index (χ1n) is 7.67. The third-order valence-corrected chi connectivity index (χ3v) is 3.66. The topological polar surface area (TPSA) is 84.2 Å². The van der Waals surface area contributed by atoms with Gasteiger partial charge in [-0.05, 0) is 25.0 Å². The molecule has 0 aliphatic heterocycles. The van der Waals surface area contributed by atoms with Crippen molar-refractivity contribution in [2.75, 3.05) is 0 Å². The molecule has 1 amide bonds. The molecule has 1 aromatic heterocycles. The Bertz CT molecular complexity index is 694. The van der Waals surface area contributed by atoms with E-state index in [-0.39, 0.29) is 0 Å². The fourth-order valence-electron chi connectivity index (χ4n) is 2.30. The quantitative estimate of drug-likeness (QED) is 0.822. The fraction of sp³-hybridized carbons (Fsp3) is 0.353. The highest BCUT2D eigenvalue weighted by Crippen LogP contribution is 2.13. The van der Waals surface area contributed by atoms with E-state index in [1.165, 1.54) is 6.20 Å². The van der Waals surface area contributed by atoms with E-state index in [0.29, 0.717) is 12.0 Å². The average Bonchev–Trinajstić information content (AvgIpc) is 3.01. The first kappa shape index (κ1) is 16.7. The molecule has 2 rings (SSSR count). The molecule has 1 aromatic carbocycles. The normalized spacial score (nSPS) is 11.9. The van der Waals surface area contributed by atoms with Gasteiger partial charge in [0.2, 0.25) is 0 Å². The first-order valence-corrected chi connectivity index (χ1v) is 7.67. The van der Waals surface area contributed by atoms with Crippen LogP contribution in [0.4, 0.5) is 0 Å². The number of hydrogen-bond donors (Lipinski definition) is 2. The number of benzene rings is 1. The number of carbonyl (C=O) groups excluding carboxylic acids is 1. The molecule has 23 heavy (non-hydrogen) atoms. The summed E-state index contributed by atoms with van der Waals surface area (Å²) in [6.45, 7) is 3.94. The van der Waals surface area contributed by atoms with Crippen molar-refractivity contribution in [1.82, 2.24) is 15.1 Å². The number of carboxylic acids is 1. The summed E-state index contributed by atoms with van der Waals surface area (Å²) < 4.78 is 1.62. The van der Waals surface area contributed by atoms with E-state index in [0.717, 1.165) is 24.1 Å². The highest BCUT2D eigenvalue weighted by Gasteiger charge is 2.21. The van der Waals surface area contributed by atoms with E-state index in [9.17, 15) is 14.7 Å². The lowest BCUT2D eigenvalue weighted by molar-refractivity contribution is -0.139. The Hall–Kier alpha value is -2.63. The lowest BCUT2D eigenvalue weighted by atomic mass is 10.1. The van der Waals surface area contributed by atoms with Crippen molar-refractivity contribution in [3.63, 3.8) is 0 Å². The molecule has 0 fully saturated rings. The van der Waals surface area contributed by atoms with Gasteiger partial charge in [0, 0.05) is 6.20 Å². The Morgan fingerprint density at radius 3 is 2.74 bits per heavy atom. The molecule has 0 bridgehead atoms. The number of amides is 1. The van der Waals surface area contributed by atoms with Crippen LogP contribution in [0.3, 0.4) is 0 Å². The number of hydrogen-bond acceptors (Lipinski definition) is 3. The minimum absolute atomic E-state index is 0.344. The number of nitrogens with zero attached hydrogens (tertiary/aromatic N) is 2. The molecule has 6 heteroatoms. The molecule has 0 saturated carbocycles. The maximum absolute atomic E-state index is 12.2. The number of para-hydroxylation sites is 1. The molecule has 0 radical (unpaired) electrons. The highest BCUT2D eigenvalue weighted by atomic mass is 16.4. The van der Waals surface area contributed by atoms with Gasteiger partial charge in [-0.2, -0.15) is 5.10 Å². The molecule has 1 heterocycles. The van der Waals surface area contributed by atoms with Crippen LogP contribution in [-0.2, 0) is 4.79 Å². The average molecular weight is 315 g/mol. The Kier molecular flexibility index (Phi) is 5.51. The fourth-order valence-corrected chi connectivity index (χ4v) is 2.30. The van der Waals surface area contributed by atoms with Crippen LogP contribution in [0.2, 0.25) is 0 Å². The molecule has 1 unspecified atom stereocenters. The lowest BCUT2D eigenvalue weighted by Gasteiger charge is -2.13. The molecule has 0 aliphatic rings. The minimum atomic E-state index is -1.02. The van der Waals surface area contributed by atoms with Gasteiger partial charge in [-0.25, -0.2) is 9.48 Å². The van der Waals surface area contributed by atoms with Crippen molar-refractivity contribution in [3.8, 4) is 5.69 Å². The number of unbranched alkanes of at least 4 members (excludes halogenated alkanes) is 1. The monoisotopic (exact) mass is 315 g/mol. The van der Waals surface area contributed by atoms with Crippen molar-refractivity contribution < 1.29 is 14.7 Å². The van der Waals surface area contributed by atoms with Gasteiger partial charge in [-0.1, -0.05) is 38.0 Å². The van der Waals surface area contributed by atoms with Gasteiger partial charge >= 0.3 is 5.97 Å². The van der Waals surface area contributed by atoms with Crippen molar-refractivity contribution in [3.05, 3.63) is 47.8 Å². The third-order valence-electron chi connectivity index (χ3n) is 3.66. The maximum Gasteiger partial charge on any atom is 0.326 e. The van der Waals surface area contributed by atoms with E-state index >= 15 is 0 Å². The Labute approximate surface area is 135 Å². The number of rotatable bonds is 7. The number of carboxylic acid groups (broad SMARTS) is 1. The highest BCUT2D eigenvalue weighted by molar-refractivity contribution is 5.96. The summed E-state index contributed by atoms with van der Waals surface area (Å²) in [6.07, 6.45) is 5.10. The second-order valence-corrected chi connectivity index (χ2v) is 5.47. The number of aliphatic carboxylic acids is 1. The van der Waals surface area contributed by atoms with E-state index in [2.05, 4.69) is 10.4 Å². The van der Waals surface area contributed by atoms with Crippen molar-refractivity contribution in [2.45, 2.75) is 39.2 Å².